The minimum atomic E-state index is -0.946. The number of hydrogen-bond donors (Lipinski definition) is 2. The molecule has 0 radical (unpaired) electrons. The van der Waals surface area contributed by atoms with Gasteiger partial charge >= 0.3 is 5.97 Å². The summed E-state index contributed by atoms with van der Waals surface area (Å²) in [6, 6.07) is -0.683. The number of aliphatic hydroxyl groups excluding tert-OH is 1. The molecule has 3 rings (SSSR count). The summed E-state index contributed by atoms with van der Waals surface area (Å²) in [6.07, 6.45) is 4.58. The zero-order chi connectivity index (χ0) is 21.3. The number of likely N-dealkylation sites (tertiary alicyclic amines) is 1. The van der Waals surface area contributed by atoms with Gasteiger partial charge in [0.15, 0.2) is 0 Å². The standard InChI is InChI=1S/C21H32N2O5S/c1-4-6-9-22(8-5-2)19(26)17-21-13(3)12-14(29-21)15(20(27)28)16(21)18(25)23(17)10-7-11-24/h5,13-17,24H,2,4,6-12H2,1,3H3,(H,27,28)/t13?,14-,15+,16+,17?,21?/m1/s1. The van der Waals surface area contributed by atoms with Crippen LogP contribution in [0.4, 0.5) is 0 Å². The summed E-state index contributed by atoms with van der Waals surface area (Å²) in [7, 11) is 0. The number of carbonyl (C=O) groups excluding carboxylic acids is 2. The van der Waals surface area contributed by atoms with Crippen molar-refractivity contribution in [2.24, 2.45) is 17.8 Å². The van der Waals surface area contributed by atoms with Gasteiger partial charge in [0.2, 0.25) is 11.8 Å². The molecule has 7 nitrogen and oxygen atoms in total. The van der Waals surface area contributed by atoms with Crippen molar-refractivity contribution in [1.82, 2.24) is 9.80 Å². The van der Waals surface area contributed by atoms with Crippen LogP contribution in [0.1, 0.15) is 39.5 Å². The van der Waals surface area contributed by atoms with Crippen LogP contribution in [-0.2, 0) is 14.4 Å². The van der Waals surface area contributed by atoms with E-state index in [-0.39, 0.29) is 36.1 Å². The van der Waals surface area contributed by atoms with Crippen molar-refractivity contribution in [3.05, 3.63) is 12.7 Å². The Morgan fingerprint density at radius 2 is 2.14 bits per heavy atom. The smallest absolute Gasteiger partial charge is 0.308 e. The van der Waals surface area contributed by atoms with Gasteiger partial charge in [-0.05, 0) is 25.2 Å². The van der Waals surface area contributed by atoms with Gasteiger partial charge in [-0.15, -0.1) is 18.3 Å². The molecule has 3 aliphatic rings. The van der Waals surface area contributed by atoms with E-state index in [4.69, 9.17) is 0 Å². The number of unbranched alkanes of at least 4 members (excludes halogenated alkanes) is 1. The molecule has 0 aromatic carbocycles. The minimum Gasteiger partial charge on any atom is -0.481 e. The van der Waals surface area contributed by atoms with Crippen LogP contribution in [0, 0.1) is 17.8 Å². The van der Waals surface area contributed by atoms with Gasteiger partial charge in [0, 0.05) is 31.5 Å². The second-order valence-electron chi connectivity index (χ2n) is 8.43. The number of carbonyl (C=O) groups is 3. The summed E-state index contributed by atoms with van der Waals surface area (Å²) in [4.78, 5) is 42.5. The van der Waals surface area contributed by atoms with Crippen molar-refractivity contribution in [2.75, 3.05) is 26.2 Å². The van der Waals surface area contributed by atoms with E-state index < -0.39 is 28.6 Å². The Balaban J connectivity index is 2.03. The van der Waals surface area contributed by atoms with E-state index >= 15 is 0 Å². The van der Waals surface area contributed by atoms with Gasteiger partial charge in [-0.2, -0.15) is 0 Å². The summed E-state index contributed by atoms with van der Waals surface area (Å²) in [6.45, 7) is 9.06. The Labute approximate surface area is 176 Å². The Morgan fingerprint density at radius 3 is 2.72 bits per heavy atom. The highest BCUT2D eigenvalue weighted by molar-refractivity contribution is 8.02. The molecule has 3 heterocycles. The third-order valence-electron chi connectivity index (χ3n) is 6.76. The molecule has 3 unspecified atom stereocenters. The van der Waals surface area contributed by atoms with Gasteiger partial charge in [0.1, 0.15) is 6.04 Å². The topological polar surface area (TPSA) is 98.2 Å². The first-order valence-electron chi connectivity index (χ1n) is 10.6. The van der Waals surface area contributed by atoms with Gasteiger partial charge < -0.3 is 20.0 Å². The number of carboxylic acid groups (broad SMARTS) is 1. The van der Waals surface area contributed by atoms with Crippen molar-refractivity contribution < 1.29 is 24.6 Å². The van der Waals surface area contributed by atoms with E-state index in [1.54, 1.807) is 27.6 Å². The van der Waals surface area contributed by atoms with E-state index in [0.717, 1.165) is 12.8 Å². The second kappa shape index (κ2) is 8.68. The number of thioether (sulfide) groups is 1. The average Bonchev–Trinajstić information content (AvgIpc) is 3.27. The van der Waals surface area contributed by atoms with Crippen LogP contribution < -0.4 is 0 Å². The second-order valence-corrected chi connectivity index (χ2v) is 9.97. The fraction of sp³-hybridized carbons (Fsp3) is 0.762. The highest BCUT2D eigenvalue weighted by Crippen LogP contribution is 2.68. The van der Waals surface area contributed by atoms with Gasteiger partial charge in [-0.1, -0.05) is 26.3 Å². The largest absolute Gasteiger partial charge is 0.481 e. The van der Waals surface area contributed by atoms with Crippen molar-refractivity contribution in [3.63, 3.8) is 0 Å². The van der Waals surface area contributed by atoms with E-state index in [1.807, 2.05) is 6.92 Å². The van der Waals surface area contributed by atoms with E-state index in [9.17, 15) is 24.6 Å². The number of carboxylic acids is 1. The number of hydrogen-bond acceptors (Lipinski definition) is 5. The Bertz CT molecular complexity index is 686. The fourth-order valence-electron chi connectivity index (χ4n) is 5.53. The first kappa shape index (κ1) is 22.2. The Kier molecular flexibility index (Phi) is 6.63. The van der Waals surface area contributed by atoms with Crippen LogP contribution in [-0.4, -0.2) is 80.1 Å². The first-order chi connectivity index (χ1) is 13.8. The lowest BCUT2D eigenvalue weighted by Crippen LogP contribution is -2.57. The van der Waals surface area contributed by atoms with Crippen LogP contribution in [0.5, 0.6) is 0 Å². The molecule has 3 fully saturated rings. The molecule has 0 aliphatic carbocycles. The fourth-order valence-corrected chi connectivity index (χ4v) is 7.94. The van der Waals surface area contributed by atoms with E-state index in [1.165, 1.54) is 0 Å². The third-order valence-corrected chi connectivity index (χ3v) is 8.84. The van der Waals surface area contributed by atoms with Gasteiger partial charge in [0.05, 0.1) is 16.6 Å². The highest BCUT2D eigenvalue weighted by atomic mass is 32.2. The number of fused-ring (bicyclic) bond motifs is 1. The zero-order valence-electron chi connectivity index (χ0n) is 17.2. The minimum absolute atomic E-state index is 0.0758. The summed E-state index contributed by atoms with van der Waals surface area (Å²) < 4.78 is -0.705. The molecule has 1 spiro atoms. The van der Waals surface area contributed by atoms with Crippen LogP contribution in [0.2, 0.25) is 0 Å². The molecule has 29 heavy (non-hydrogen) atoms. The monoisotopic (exact) mass is 424 g/mol. The Morgan fingerprint density at radius 1 is 1.41 bits per heavy atom. The lowest BCUT2D eigenvalue weighted by atomic mass is 9.66. The molecular formula is C21H32N2O5S. The number of amides is 2. The molecule has 0 aromatic rings. The lowest BCUT2D eigenvalue weighted by Gasteiger charge is -2.40. The third kappa shape index (κ3) is 3.38. The first-order valence-corrected chi connectivity index (χ1v) is 11.4. The predicted octanol–water partition coefficient (Wildman–Crippen LogP) is 1.61. The molecule has 0 aromatic heterocycles. The number of aliphatic carboxylic acids is 1. The van der Waals surface area contributed by atoms with Crippen molar-refractivity contribution in [2.45, 2.75) is 55.6 Å². The van der Waals surface area contributed by atoms with Crippen LogP contribution in [0.25, 0.3) is 0 Å². The maximum atomic E-state index is 13.8. The van der Waals surface area contributed by atoms with Crippen molar-refractivity contribution >= 4 is 29.5 Å². The van der Waals surface area contributed by atoms with Crippen LogP contribution in [0.15, 0.2) is 12.7 Å². The molecule has 6 atom stereocenters. The van der Waals surface area contributed by atoms with E-state index in [2.05, 4.69) is 13.5 Å². The molecule has 0 saturated carbocycles. The average molecular weight is 425 g/mol. The SMILES string of the molecule is C=CCN(CCCC)C(=O)C1N(CCCO)C(=O)[C@@H]2[C@@H](C(=O)O)[C@H]3CC(C)C12S3. The summed E-state index contributed by atoms with van der Waals surface area (Å²) in [5.74, 6) is -2.65. The van der Waals surface area contributed by atoms with Crippen LogP contribution in [0.3, 0.4) is 0 Å². The summed E-state index contributed by atoms with van der Waals surface area (Å²) >= 11 is 1.55. The molecule has 2 amide bonds. The quantitative estimate of drug-likeness (QED) is 0.517. The number of aliphatic hydroxyl groups is 1. The maximum absolute atomic E-state index is 13.8. The Hall–Kier alpha value is -1.54. The van der Waals surface area contributed by atoms with Crippen LogP contribution >= 0.6 is 11.8 Å². The molecule has 2 bridgehead atoms. The molecule has 8 heteroatoms. The maximum Gasteiger partial charge on any atom is 0.308 e. The van der Waals surface area contributed by atoms with Crippen molar-refractivity contribution in [3.8, 4) is 0 Å². The van der Waals surface area contributed by atoms with Gasteiger partial charge in [-0.3, -0.25) is 14.4 Å². The summed E-state index contributed by atoms with van der Waals surface area (Å²) in [5, 5.41) is 19.0. The number of rotatable bonds is 10. The van der Waals surface area contributed by atoms with Gasteiger partial charge in [0.25, 0.3) is 0 Å². The molecule has 162 valence electrons. The van der Waals surface area contributed by atoms with E-state index in [0.29, 0.717) is 25.9 Å². The van der Waals surface area contributed by atoms with Crippen molar-refractivity contribution in [1.29, 1.82) is 0 Å². The molecular weight excluding hydrogens is 392 g/mol. The lowest BCUT2D eigenvalue weighted by molar-refractivity contribution is -0.149. The normalized spacial score (nSPS) is 35.1. The molecule has 3 saturated heterocycles. The zero-order valence-corrected chi connectivity index (χ0v) is 18.1. The predicted molar refractivity (Wildman–Crippen MR) is 111 cm³/mol. The molecule has 3 aliphatic heterocycles. The summed E-state index contributed by atoms with van der Waals surface area (Å²) in [5.41, 5.74) is 0. The highest BCUT2D eigenvalue weighted by Gasteiger charge is 2.76. The number of nitrogens with zero attached hydrogens (tertiary/aromatic N) is 2. The van der Waals surface area contributed by atoms with Gasteiger partial charge in [-0.25, -0.2) is 0 Å². The molecule has 2 N–H and O–H groups in total.